The summed E-state index contributed by atoms with van der Waals surface area (Å²) in [5, 5.41) is 4.79. The Bertz CT molecular complexity index is 814. The minimum atomic E-state index is -4.60. The molecule has 0 bridgehead atoms. The minimum Gasteiger partial charge on any atom is -0.491 e. The van der Waals surface area contributed by atoms with E-state index >= 15 is 0 Å². The van der Waals surface area contributed by atoms with Crippen LogP contribution in [0.2, 0.25) is 0 Å². The van der Waals surface area contributed by atoms with Crippen molar-refractivity contribution < 1.29 is 26.7 Å². The lowest BCUT2D eigenvalue weighted by Gasteiger charge is -2.15. The summed E-state index contributed by atoms with van der Waals surface area (Å²) < 4.78 is 71.9. The summed E-state index contributed by atoms with van der Waals surface area (Å²) in [4.78, 5) is 3.62. The van der Waals surface area contributed by atoms with Gasteiger partial charge in [0.05, 0.1) is 12.2 Å². The van der Waals surface area contributed by atoms with E-state index in [1.165, 1.54) is 12.3 Å². The van der Waals surface area contributed by atoms with Gasteiger partial charge in [-0.1, -0.05) is 0 Å². The first-order valence-corrected chi connectivity index (χ1v) is 8.31. The molecule has 1 heterocycles. The highest BCUT2D eigenvalue weighted by Crippen LogP contribution is 2.33. The van der Waals surface area contributed by atoms with E-state index in [4.69, 9.17) is 17.0 Å². The number of thiocarbonyl (C=S) groups is 1. The maximum absolute atomic E-state index is 14.2. The van der Waals surface area contributed by atoms with Crippen molar-refractivity contribution in [3.63, 3.8) is 0 Å². The fourth-order valence-electron chi connectivity index (χ4n) is 2.26. The Hall–Kier alpha value is -2.49. The first kappa shape index (κ1) is 20.8. The highest BCUT2D eigenvalue weighted by molar-refractivity contribution is 7.80. The predicted octanol–water partition coefficient (Wildman–Crippen LogP) is 4.31. The summed E-state index contributed by atoms with van der Waals surface area (Å²) in [6.45, 7) is 1.88. The van der Waals surface area contributed by atoms with Crippen LogP contribution in [0.25, 0.3) is 0 Å². The van der Waals surface area contributed by atoms with Crippen molar-refractivity contribution in [3.8, 4) is 5.75 Å². The summed E-state index contributed by atoms with van der Waals surface area (Å²) >= 11 is 4.93. The summed E-state index contributed by atoms with van der Waals surface area (Å²) in [5.41, 5.74) is -1.18. The van der Waals surface area contributed by atoms with E-state index in [9.17, 15) is 22.0 Å². The minimum absolute atomic E-state index is 0.0105. The molecular formula is C17H16F5N3OS. The smallest absolute Gasteiger partial charge is 0.419 e. The van der Waals surface area contributed by atoms with Crippen molar-refractivity contribution in [3.05, 3.63) is 53.2 Å². The van der Waals surface area contributed by atoms with Gasteiger partial charge in [0.2, 0.25) is 0 Å². The van der Waals surface area contributed by atoms with Crippen molar-refractivity contribution >= 4 is 23.1 Å². The molecule has 1 aromatic carbocycles. The molecular weight excluding hydrogens is 389 g/mol. The zero-order valence-electron chi connectivity index (χ0n) is 14.2. The molecule has 1 aromatic heterocycles. The molecule has 0 unspecified atom stereocenters. The van der Waals surface area contributed by atoms with E-state index in [1.54, 1.807) is 6.92 Å². The molecule has 0 radical (unpaired) electrons. The highest BCUT2D eigenvalue weighted by atomic mass is 32.1. The number of benzene rings is 1. The molecule has 0 saturated heterocycles. The number of alkyl halides is 3. The summed E-state index contributed by atoms with van der Waals surface area (Å²) in [7, 11) is 0. The molecule has 0 spiro atoms. The zero-order valence-corrected chi connectivity index (χ0v) is 15.0. The van der Waals surface area contributed by atoms with Crippen LogP contribution in [-0.2, 0) is 12.6 Å². The third-order valence-corrected chi connectivity index (χ3v) is 3.70. The molecule has 0 fully saturated rings. The second-order valence-electron chi connectivity index (χ2n) is 5.30. The molecule has 0 saturated carbocycles. The van der Waals surface area contributed by atoms with Crippen LogP contribution in [0.5, 0.6) is 5.75 Å². The van der Waals surface area contributed by atoms with Gasteiger partial charge < -0.3 is 15.4 Å². The van der Waals surface area contributed by atoms with Gasteiger partial charge in [0.1, 0.15) is 11.6 Å². The Kier molecular flexibility index (Phi) is 6.89. The standard InChI is InChI=1S/C17H16F5N3OS/c1-2-26-13-6-5-12(18)10(14(13)19)7-9-24-16(27)25-15-11(17(20,21)22)4-3-8-23-15/h3-6,8H,2,7,9H2,1H3,(H2,23,24,25,27). The maximum Gasteiger partial charge on any atom is 0.419 e. The predicted molar refractivity (Wildman–Crippen MR) is 94.7 cm³/mol. The van der Waals surface area contributed by atoms with Crippen LogP contribution >= 0.6 is 12.2 Å². The Labute approximate surface area is 157 Å². The van der Waals surface area contributed by atoms with E-state index in [1.807, 2.05) is 0 Å². The highest BCUT2D eigenvalue weighted by Gasteiger charge is 2.34. The molecule has 2 aromatic rings. The van der Waals surface area contributed by atoms with E-state index in [-0.39, 0.29) is 36.0 Å². The molecule has 27 heavy (non-hydrogen) atoms. The molecule has 0 aliphatic carbocycles. The number of aromatic nitrogens is 1. The summed E-state index contributed by atoms with van der Waals surface area (Å²) in [5.74, 6) is -2.10. The van der Waals surface area contributed by atoms with Gasteiger partial charge >= 0.3 is 6.18 Å². The molecule has 4 nitrogen and oxygen atoms in total. The number of nitrogens with zero attached hydrogens (tertiary/aromatic N) is 1. The Morgan fingerprint density at radius 2 is 1.96 bits per heavy atom. The van der Waals surface area contributed by atoms with Crippen molar-refractivity contribution in [2.75, 3.05) is 18.5 Å². The Balaban J connectivity index is 1.99. The first-order valence-electron chi connectivity index (χ1n) is 7.90. The topological polar surface area (TPSA) is 46.2 Å². The average Bonchev–Trinajstić information content (AvgIpc) is 2.60. The molecule has 2 N–H and O–H groups in total. The number of hydrogen-bond acceptors (Lipinski definition) is 3. The normalized spacial score (nSPS) is 11.2. The van der Waals surface area contributed by atoms with Crippen LogP contribution in [0.1, 0.15) is 18.1 Å². The fraction of sp³-hybridized carbons (Fsp3) is 0.294. The van der Waals surface area contributed by atoms with Crippen LogP contribution in [0.3, 0.4) is 0 Å². The van der Waals surface area contributed by atoms with E-state index < -0.39 is 29.2 Å². The van der Waals surface area contributed by atoms with Gasteiger partial charge in [0.25, 0.3) is 0 Å². The molecule has 0 aliphatic rings. The van der Waals surface area contributed by atoms with Crippen molar-refractivity contribution in [1.82, 2.24) is 10.3 Å². The maximum atomic E-state index is 14.2. The summed E-state index contributed by atoms with van der Waals surface area (Å²) in [6, 6.07) is 4.30. The lowest BCUT2D eigenvalue weighted by atomic mass is 10.1. The Morgan fingerprint density at radius 3 is 2.63 bits per heavy atom. The zero-order chi connectivity index (χ0) is 20.0. The number of pyridine rings is 1. The van der Waals surface area contributed by atoms with Crippen molar-refractivity contribution in [1.29, 1.82) is 0 Å². The lowest BCUT2D eigenvalue weighted by Crippen LogP contribution is -2.31. The van der Waals surface area contributed by atoms with Crippen molar-refractivity contribution in [2.24, 2.45) is 0 Å². The quantitative estimate of drug-likeness (QED) is 0.554. The molecule has 0 atom stereocenters. The second-order valence-corrected chi connectivity index (χ2v) is 5.71. The van der Waals surface area contributed by atoms with Gasteiger partial charge in [-0.3, -0.25) is 0 Å². The van der Waals surface area contributed by atoms with Gasteiger partial charge in [-0.25, -0.2) is 13.8 Å². The van der Waals surface area contributed by atoms with Crippen LogP contribution in [0.4, 0.5) is 27.8 Å². The average molecular weight is 405 g/mol. The SMILES string of the molecule is CCOc1ccc(F)c(CCNC(=S)Nc2ncccc2C(F)(F)F)c1F. The lowest BCUT2D eigenvalue weighted by molar-refractivity contribution is -0.137. The largest absolute Gasteiger partial charge is 0.491 e. The van der Waals surface area contributed by atoms with Crippen LogP contribution in [0, 0.1) is 11.6 Å². The number of anilines is 1. The number of nitrogens with one attached hydrogen (secondary N) is 2. The molecule has 0 aliphatic heterocycles. The number of ether oxygens (including phenoxy) is 1. The molecule has 146 valence electrons. The van der Waals surface area contributed by atoms with E-state index in [2.05, 4.69) is 15.6 Å². The van der Waals surface area contributed by atoms with E-state index in [0.29, 0.717) is 0 Å². The summed E-state index contributed by atoms with van der Waals surface area (Å²) in [6.07, 6.45) is -3.50. The third kappa shape index (κ3) is 5.49. The van der Waals surface area contributed by atoms with Crippen LogP contribution in [-0.4, -0.2) is 23.2 Å². The number of halogens is 5. The van der Waals surface area contributed by atoms with Gasteiger partial charge in [-0.15, -0.1) is 0 Å². The number of hydrogen-bond donors (Lipinski definition) is 2. The number of rotatable bonds is 6. The van der Waals surface area contributed by atoms with Gasteiger partial charge in [-0.05, 0) is 49.8 Å². The molecule has 10 heteroatoms. The monoisotopic (exact) mass is 405 g/mol. The van der Waals surface area contributed by atoms with Crippen molar-refractivity contribution in [2.45, 2.75) is 19.5 Å². The van der Waals surface area contributed by atoms with Crippen LogP contribution < -0.4 is 15.4 Å². The molecule has 0 amide bonds. The van der Waals surface area contributed by atoms with Gasteiger partial charge in [0.15, 0.2) is 16.7 Å². The second kappa shape index (κ2) is 8.94. The van der Waals surface area contributed by atoms with Gasteiger partial charge in [-0.2, -0.15) is 13.2 Å². The van der Waals surface area contributed by atoms with Crippen LogP contribution in [0.15, 0.2) is 30.5 Å². The van der Waals surface area contributed by atoms with Gasteiger partial charge in [0, 0.05) is 18.3 Å². The molecule has 2 rings (SSSR count). The van der Waals surface area contributed by atoms with E-state index in [0.717, 1.165) is 18.2 Å². The first-order chi connectivity index (χ1) is 12.7. The Morgan fingerprint density at radius 1 is 1.22 bits per heavy atom. The third-order valence-electron chi connectivity index (χ3n) is 3.46. The fourth-order valence-corrected chi connectivity index (χ4v) is 2.46.